The number of pyridine rings is 1. The molecule has 2 aromatic rings. The van der Waals surface area contributed by atoms with Gasteiger partial charge in [0, 0.05) is 19.3 Å². The monoisotopic (exact) mass is 525 g/mol. The number of urea groups is 1. The van der Waals surface area contributed by atoms with Crippen molar-refractivity contribution in [1.82, 2.24) is 14.8 Å². The predicted octanol–water partition coefficient (Wildman–Crippen LogP) is 3.15. The minimum Gasteiger partial charge on any atom is -0.495 e. The van der Waals surface area contributed by atoms with Gasteiger partial charge in [-0.1, -0.05) is 26.0 Å². The van der Waals surface area contributed by atoms with Gasteiger partial charge in [-0.25, -0.2) is 9.78 Å². The number of hydrogen-bond acceptors (Lipinski definition) is 6. The summed E-state index contributed by atoms with van der Waals surface area (Å²) in [5, 5.41) is 14.4. The molecule has 1 aromatic carbocycles. The SMILES string of the molecule is COc1cc(CC(=O)N2CC(=O)N(CCC(=O)O)CC2CC(C)C)ccc1NC(=O)Nc1ncccc1C. The molecule has 0 saturated carbocycles. The summed E-state index contributed by atoms with van der Waals surface area (Å²) >= 11 is 0. The number of amides is 4. The first-order chi connectivity index (χ1) is 18.1. The summed E-state index contributed by atoms with van der Waals surface area (Å²) in [6, 6.07) is 8.01. The fraction of sp³-hybridized carbons (Fsp3) is 0.444. The largest absolute Gasteiger partial charge is 0.495 e. The lowest BCUT2D eigenvalue weighted by molar-refractivity contribution is -0.150. The Labute approximate surface area is 222 Å². The molecule has 11 heteroatoms. The molecule has 1 saturated heterocycles. The van der Waals surface area contributed by atoms with Crippen molar-refractivity contribution in [2.75, 3.05) is 37.4 Å². The fourth-order valence-electron chi connectivity index (χ4n) is 4.42. The molecule has 3 N–H and O–H groups in total. The Bertz CT molecular complexity index is 1180. The molecule has 0 radical (unpaired) electrons. The first kappa shape index (κ1) is 28.4. The van der Waals surface area contributed by atoms with Crippen LogP contribution in [-0.4, -0.2) is 76.5 Å². The second-order valence-electron chi connectivity index (χ2n) is 9.75. The number of piperazine rings is 1. The maximum Gasteiger partial charge on any atom is 0.324 e. The molecule has 1 unspecified atom stereocenters. The zero-order valence-electron chi connectivity index (χ0n) is 22.2. The van der Waals surface area contributed by atoms with Crippen molar-refractivity contribution in [3.8, 4) is 5.75 Å². The first-order valence-corrected chi connectivity index (χ1v) is 12.5. The topological polar surface area (TPSA) is 141 Å². The summed E-state index contributed by atoms with van der Waals surface area (Å²) in [5.74, 6) is -0.306. The first-order valence-electron chi connectivity index (χ1n) is 12.5. The average molecular weight is 526 g/mol. The number of carbonyl (C=O) groups is 4. The zero-order chi connectivity index (χ0) is 27.8. The van der Waals surface area contributed by atoms with E-state index < -0.39 is 12.0 Å². The molecule has 1 aliphatic rings. The zero-order valence-corrected chi connectivity index (χ0v) is 22.2. The molecule has 4 amide bonds. The van der Waals surface area contributed by atoms with Crippen LogP contribution in [0.2, 0.25) is 0 Å². The number of aromatic nitrogens is 1. The molecule has 0 aliphatic carbocycles. The van der Waals surface area contributed by atoms with Crippen molar-refractivity contribution < 1.29 is 29.0 Å². The molecule has 204 valence electrons. The van der Waals surface area contributed by atoms with Crippen molar-refractivity contribution in [2.45, 2.75) is 46.1 Å². The lowest BCUT2D eigenvalue weighted by Crippen LogP contribution is -2.58. The van der Waals surface area contributed by atoms with E-state index in [1.165, 1.54) is 12.0 Å². The van der Waals surface area contributed by atoms with Crippen LogP contribution in [0.3, 0.4) is 0 Å². The van der Waals surface area contributed by atoms with Crippen molar-refractivity contribution in [3.63, 3.8) is 0 Å². The molecule has 1 fully saturated rings. The van der Waals surface area contributed by atoms with E-state index in [9.17, 15) is 19.2 Å². The Kier molecular flexibility index (Phi) is 9.64. The standard InChI is InChI=1S/C27H35N5O6/c1-17(2)12-20-15-31(11-9-25(35)36)24(34)16-32(20)23(33)14-19-7-8-21(22(13-19)38-4)29-27(37)30-26-18(3)6-5-10-28-26/h5-8,10,13,17,20H,9,11-12,14-16H2,1-4H3,(H,35,36)(H2,28,29,30,37). The van der Waals surface area contributed by atoms with Crippen molar-refractivity contribution in [2.24, 2.45) is 5.92 Å². The number of nitrogens with zero attached hydrogens (tertiary/aromatic N) is 3. The second-order valence-corrected chi connectivity index (χ2v) is 9.75. The van der Waals surface area contributed by atoms with Crippen molar-refractivity contribution in [1.29, 1.82) is 0 Å². The van der Waals surface area contributed by atoms with Gasteiger partial charge in [-0.05, 0) is 48.6 Å². The fourth-order valence-corrected chi connectivity index (χ4v) is 4.42. The highest BCUT2D eigenvalue weighted by atomic mass is 16.5. The van der Waals surface area contributed by atoms with Crippen molar-refractivity contribution >= 4 is 35.3 Å². The minimum absolute atomic E-state index is 0.0486. The Morgan fingerprint density at radius 1 is 1.21 bits per heavy atom. The summed E-state index contributed by atoms with van der Waals surface area (Å²) in [5.41, 5.74) is 1.91. The van der Waals surface area contributed by atoms with Crippen LogP contribution in [0.4, 0.5) is 16.3 Å². The van der Waals surface area contributed by atoms with E-state index in [2.05, 4.69) is 15.6 Å². The molecule has 1 aliphatic heterocycles. The molecule has 38 heavy (non-hydrogen) atoms. The van der Waals surface area contributed by atoms with Crippen molar-refractivity contribution in [3.05, 3.63) is 47.7 Å². The number of anilines is 2. The van der Waals surface area contributed by atoms with Crippen LogP contribution in [0, 0.1) is 12.8 Å². The van der Waals surface area contributed by atoms with Crippen LogP contribution < -0.4 is 15.4 Å². The number of methoxy groups -OCH3 is 1. The number of ether oxygens (including phenoxy) is 1. The Morgan fingerprint density at radius 3 is 2.63 bits per heavy atom. The van der Waals surface area contributed by atoms with E-state index in [1.807, 2.05) is 26.8 Å². The van der Waals surface area contributed by atoms with Gasteiger partial charge >= 0.3 is 12.0 Å². The van der Waals surface area contributed by atoms with Crippen LogP contribution in [0.25, 0.3) is 0 Å². The van der Waals surface area contributed by atoms with Gasteiger partial charge in [-0.3, -0.25) is 19.7 Å². The third kappa shape index (κ3) is 7.67. The molecule has 2 heterocycles. The molecular formula is C27H35N5O6. The number of benzene rings is 1. The van der Waals surface area contributed by atoms with Gasteiger partial charge in [-0.15, -0.1) is 0 Å². The summed E-state index contributed by atoms with van der Waals surface area (Å²) in [6.45, 7) is 6.28. The summed E-state index contributed by atoms with van der Waals surface area (Å²) in [7, 11) is 1.47. The van der Waals surface area contributed by atoms with Gasteiger partial charge in [0.25, 0.3) is 0 Å². The van der Waals surface area contributed by atoms with E-state index in [0.717, 1.165) is 5.56 Å². The molecular weight excluding hydrogens is 490 g/mol. The maximum absolute atomic E-state index is 13.3. The number of aliphatic carboxylic acids is 1. The quantitative estimate of drug-likeness (QED) is 0.433. The molecule has 3 rings (SSSR count). The Balaban J connectivity index is 1.69. The van der Waals surface area contributed by atoms with E-state index in [1.54, 1.807) is 35.4 Å². The number of aryl methyl sites for hydroxylation is 1. The highest BCUT2D eigenvalue weighted by Gasteiger charge is 2.35. The third-order valence-electron chi connectivity index (χ3n) is 6.30. The van der Waals surface area contributed by atoms with E-state index >= 15 is 0 Å². The van der Waals surface area contributed by atoms with Crippen LogP contribution in [0.1, 0.15) is 37.8 Å². The van der Waals surface area contributed by atoms with E-state index in [4.69, 9.17) is 9.84 Å². The van der Waals surface area contributed by atoms with Gasteiger partial charge in [-0.2, -0.15) is 0 Å². The number of rotatable bonds is 10. The van der Waals surface area contributed by atoms with E-state index in [-0.39, 0.29) is 49.7 Å². The van der Waals surface area contributed by atoms with Crippen LogP contribution in [0.5, 0.6) is 5.75 Å². The highest BCUT2D eigenvalue weighted by Crippen LogP contribution is 2.27. The van der Waals surface area contributed by atoms with Crippen LogP contribution in [-0.2, 0) is 20.8 Å². The van der Waals surface area contributed by atoms with Crippen LogP contribution in [0.15, 0.2) is 36.5 Å². The summed E-state index contributed by atoms with van der Waals surface area (Å²) < 4.78 is 5.45. The second kappa shape index (κ2) is 12.9. The van der Waals surface area contributed by atoms with Gasteiger partial charge < -0.3 is 25.0 Å². The minimum atomic E-state index is -0.965. The highest BCUT2D eigenvalue weighted by molar-refractivity contribution is 6.00. The Hall–Kier alpha value is -4.15. The lowest BCUT2D eigenvalue weighted by atomic mass is 9.98. The maximum atomic E-state index is 13.3. The van der Waals surface area contributed by atoms with Gasteiger partial charge in [0.1, 0.15) is 18.1 Å². The lowest BCUT2D eigenvalue weighted by Gasteiger charge is -2.41. The summed E-state index contributed by atoms with van der Waals surface area (Å²) in [6.07, 6.45) is 2.20. The third-order valence-corrected chi connectivity index (χ3v) is 6.30. The van der Waals surface area contributed by atoms with Gasteiger partial charge in [0.15, 0.2) is 0 Å². The molecule has 1 atom stereocenters. The molecule has 0 spiro atoms. The summed E-state index contributed by atoms with van der Waals surface area (Å²) in [4.78, 5) is 56.7. The average Bonchev–Trinajstić information content (AvgIpc) is 2.85. The Morgan fingerprint density at radius 2 is 1.97 bits per heavy atom. The van der Waals surface area contributed by atoms with Gasteiger partial charge in [0.05, 0.1) is 31.7 Å². The predicted molar refractivity (Wildman–Crippen MR) is 142 cm³/mol. The normalized spacial score (nSPS) is 15.4. The van der Waals surface area contributed by atoms with Gasteiger partial charge in [0.2, 0.25) is 11.8 Å². The smallest absolute Gasteiger partial charge is 0.324 e. The number of nitrogens with one attached hydrogen (secondary N) is 2. The number of carboxylic acid groups (broad SMARTS) is 1. The molecule has 0 bridgehead atoms. The molecule has 11 nitrogen and oxygen atoms in total. The van der Waals surface area contributed by atoms with Crippen LogP contribution >= 0.6 is 0 Å². The van der Waals surface area contributed by atoms with E-state index in [0.29, 0.717) is 35.8 Å². The number of hydrogen-bond donors (Lipinski definition) is 3. The number of carbonyl (C=O) groups excluding carboxylic acids is 3. The number of carboxylic acids is 1. The molecule has 1 aromatic heterocycles.